The van der Waals surface area contributed by atoms with E-state index < -0.39 is 0 Å². The molecule has 16 heavy (non-hydrogen) atoms. The highest BCUT2D eigenvalue weighted by molar-refractivity contribution is 5.11. The van der Waals surface area contributed by atoms with Crippen molar-refractivity contribution >= 4 is 0 Å². The summed E-state index contributed by atoms with van der Waals surface area (Å²) in [6, 6.07) is 2.35. The van der Waals surface area contributed by atoms with Crippen LogP contribution in [0.25, 0.3) is 0 Å². The van der Waals surface area contributed by atoms with Crippen LogP contribution < -0.4 is 5.73 Å². The van der Waals surface area contributed by atoms with Crippen molar-refractivity contribution < 1.29 is 4.74 Å². The van der Waals surface area contributed by atoms with Gasteiger partial charge in [0.2, 0.25) is 0 Å². The van der Waals surface area contributed by atoms with Crippen LogP contribution in [-0.4, -0.2) is 29.5 Å². The number of rotatable bonds is 7. The molecule has 0 fully saturated rings. The summed E-state index contributed by atoms with van der Waals surface area (Å²) in [6.45, 7) is 2.91. The minimum absolute atomic E-state index is 0.204. The molecule has 1 atom stereocenters. The highest BCUT2D eigenvalue weighted by Gasteiger charge is 2.09. The third-order valence-corrected chi connectivity index (χ3v) is 2.78. The molecule has 0 aliphatic rings. The summed E-state index contributed by atoms with van der Waals surface area (Å²) in [5, 5.41) is 4.42. The molecule has 1 unspecified atom stereocenters. The van der Waals surface area contributed by atoms with Crippen LogP contribution in [0.1, 0.15) is 31.2 Å². The maximum absolute atomic E-state index is 6.07. The van der Waals surface area contributed by atoms with Crippen molar-refractivity contribution in [1.82, 2.24) is 9.78 Å². The number of ether oxygens (including phenoxy) is 1. The standard InChI is InChI=1S/C12H23N3O/c1-4-11-9-12(15(2)14-11)8-10(13)6-5-7-16-3/h9-10H,4-8,13H2,1-3H3. The summed E-state index contributed by atoms with van der Waals surface area (Å²) in [5.41, 5.74) is 8.43. The van der Waals surface area contributed by atoms with Crippen molar-refractivity contribution in [3.8, 4) is 0 Å². The monoisotopic (exact) mass is 225 g/mol. The van der Waals surface area contributed by atoms with Crippen molar-refractivity contribution in [3.05, 3.63) is 17.5 Å². The Morgan fingerprint density at radius 3 is 2.88 bits per heavy atom. The van der Waals surface area contributed by atoms with Gasteiger partial charge in [-0.3, -0.25) is 4.68 Å². The second kappa shape index (κ2) is 6.66. The first kappa shape index (κ1) is 13.2. The van der Waals surface area contributed by atoms with Crippen molar-refractivity contribution in [1.29, 1.82) is 0 Å². The van der Waals surface area contributed by atoms with E-state index in [0.717, 1.165) is 38.0 Å². The second-order valence-electron chi connectivity index (χ2n) is 4.20. The molecule has 0 saturated carbocycles. The van der Waals surface area contributed by atoms with E-state index >= 15 is 0 Å². The lowest BCUT2D eigenvalue weighted by Gasteiger charge is -2.10. The zero-order chi connectivity index (χ0) is 12.0. The van der Waals surface area contributed by atoms with Crippen LogP contribution in [0.2, 0.25) is 0 Å². The molecule has 4 nitrogen and oxygen atoms in total. The highest BCUT2D eigenvalue weighted by Crippen LogP contribution is 2.08. The van der Waals surface area contributed by atoms with Gasteiger partial charge in [-0.05, 0) is 25.3 Å². The average molecular weight is 225 g/mol. The Balaban J connectivity index is 2.42. The molecule has 4 heteroatoms. The number of hydrogen-bond donors (Lipinski definition) is 1. The van der Waals surface area contributed by atoms with Crippen molar-refractivity contribution in [2.75, 3.05) is 13.7 Å². The molecular weight excluding hydrogens is 202 g/mol. The minimum atomic E-state index is 0.204. The zero-order valence-corrected chi connectivity index (χ0v) is 10.6. The zero-order valence-electron chi connectivity index (χ0n) is 10.6. The third kappa shape index (κ3) is 3.94. The number of nitrogens with zero attached hydrogens (tertiary/aromatic N) is 2. The predicted molar refractivity (Wildman–Crippen MR) is 65.4 cm³/mol. The second-order valence-corrected chi connectivity index (χ2v) is 4.20. The SMILES string of the molecule is CCc1cc(CC(N)CCCOC)n(C)n1. The van der Waals surface area contributed by atoms with Crippen molar-refractivity contribution in [3.63, 3.8) is 0 Å². The molecule has 1 heterocycles. The van der Waals surface area contributed by atoms with Crippen molar-refractivity contribution in [2.24, 2.45) is 12.8 Å². The van der Waals surface area contributed by atoms with Gasteiger partial charge in [0.05, 0.1) is 5.69 Å². The normalized spacial score (nSPS) is 13.0. The van der Waals surface area contributed by atoms with E-state index in [1.165, 1.54) is 5.69 Å². The molecule has 1 aromatic heterocycles. The van der Waals surface area contributed by atoms with E-state index in [0.29, 0.717) is 0 Å². The van der Waals surface area contributed by atoms with E-state index in [2.05, 4.69) is 18.1 Å². The van der Waals surface area contributed by atoms with Gasteiger partial charge in [-0.25, -0.2) is 0 Å². The number of aryl methyl sites for hydroxylation is 2. The van der Waals surface area contributed by atoms with E-state index in [4.69, 9.17) is 10.5 Å². The van der Waals surface area contributed by atoms with E-state index in [1.807, 2.05) is 11.7 Å². The molecule has 0 saturated heterocycles. The van der Waals surface area contributed by atoms with Crippen LogP contribution in [0.15, 0.2) is 6.07 Å². The lowest BCUT2D eigenvalue weighted by molar-refractivity contribution is 0.190. The first-order chi connectivity index (χ1) is 7.67. The number of hydrogen-bond acceptors (Lipinski definition) is 3. The molecule has 1 rings (SSSR count). The van der Waals surface area contributed by atoms with Gasteiger partial charge in [0.1, 0.15) is 0 Å². The summed E-state index contributed by atoms with van der Waals surface area (Å²) in [6.07, 6.45) is 3.90. The van der Waals surface area contributed by atoms with Gasteiger partial charge in [0.15, 0.2) is 0 Å². The Hall–Kier alpha value is -0.870. The van der Waals surface area contributed by atoms with Crippen LogP contribution >= 0.6 is 0 Å². The van der Waals surface area contributed by atoms with Crippen molar-refractivity contribution in [2.45, 2.75) is 38.6 Å². The molecule has 92 valence electrons. The maximum Gasteiger partial charge on any atom is 0.0624 e. The van der Waals surface area contributed by atoms with Gasteiger partial charge < -0.3 is 10.5 Å². The Morgan fingerprint density at radius 1 is 1.56 bits per heavy atom. The predicted octanol–water partition coefficient (Wildman–Crippen LogP) is 1.28. The quantitative estimate of drug-likeness (QED) is 0.711. The van der Waals surface area contributed by atoms with Gasteiger partial charge in [-0.1, -0.05) is 6.92 Å². The smallest absolute Gasteiger partial charge is 0.0624 e. The van der Waals surface area contributed by atoms with Crippen LogP contribution in [0.3, 0.4) is 0 Å². The molecule has 0 bridgehead atoms. The molecule has 0 radical (unpaired) electrons. The molecule has 0 spiro atoms. The van der Waals surface area contributed by atoms with E-state index in [9.17, 15) is 0 Å². The lowest BCUT2D eigenvalue weighted by atomic mass is 10.1. The van der Waals surface area contributed by atoms with Crippen LogP contribution in [-0.2, 0) is 24.6 Å². The topological polar surface area (TPSA) is 53.1 Å². The van der Waals surface area contributed by atoms with Gasteiger partial charge in [0.25, 0.3) is 0 Å². The van der Waals surface area contributed by atoms with Gasteiger partial charge in [-0.2, -0.15) is 5.10 Å². The Bertz CT molecular complexity index is 309. The molecule has 2 N–H and O–H groups in total. The third-order valence-electron chi connectivity index (χ3n) is 2.78. The van der Waals surface area contributed by atoms with E-state index in [-0.39, 0.29) is 6.04 Å². The minimum Gasteiger partial charge on any atom is -0.385 e. The molecule has 1 aromatic rings. The number of aromatic nitrogens is 2. The van der Waals surface area contributed by atoms with Gasteiger partial charge in [-0.15, -0.1) is 0 Å². The van der Waals surface area contributed by atoms with Gasteiger partial charge >= 0.3 is 0 Å². The molecular formula is C12H23N3O. The molecule has 0 amide bonds. The fourth-order valence-electron chi connectivity index (χ4n) is 1.80. The number of nitrogens with two attached hydrogens (primary N) is 1. The summed E-state index contributed by atoms with van der Waals surface area (Å²) in [5.74, 6) is 0. The summed E-state index contributed by atoms with van der Waals surface area (Å²) >= 11 is 0. The Morgan fingerprint density at radius 2 is 2.31 bits per heavy atom. The molecule has 0 aliphatic carbocycles. The highest BCUT2D eigenvalue weighted by atomic mass is 16.5. The summed E-state index contributed by atoms with van der Waals surface area (Å²) in [7, 11) is 3.70. The fraction of sp³-hybridized carbons (Fsp3) is 0.750. The fourth-order valence-corrected chi connectivity index (χ4v) is 1.80. The lowest BCUT2D eigenvalue weighted by Crippen LogP contribution is -2.24. The number of methoxy groups -OCH3 is 1. The first-order valence-electron chi connectivity index (χ1n) is 5.93. The summed E-state index contributed by atoms with van der Waals surface area (Å²) in [4.78, 5) is 0. The van der Waals surface area contributed by atoms with Gasteiger partial charge in [0, 0.05) is 38.9 Å². The van der Waals surface area contributed by atoms with Crippen LogP contribution in [0.4, 0.5) is 0 Å². The van der Waals surface area contributed by atoms with Crippen LogP contribution in [0, 0.1) is 0 Å². The first-order valence-corrected chi connectivity index (χ1v) is 5.93. The average Bonchev–Trinajstić information content (AvgIpc) is 2.60. The molecule has 0 aromatic carbocycles. The van der Waals surface area contributed by atoms with Crippen LogP contribution in [0.5, 0.6) is 0 Å². The Labute approximate surface area is 97.8 Å². The maximum atomic E-state index is 6.07. The largest absolute Gasteiger partial charge is 0.385 e. The van der Waals surface area contributed by atoms with E-state index in [1.54, 1.807) is 7.11 Å². The molecule has 0 aliphatic heterocycles. The Kier molecular flexibility index (Phi) is 5.49. The summed E-state index contributed by atoms with van der Waals surface area (Å²) < 4.78 is 6.95.